The van der Waals surface area contributed by atoms with E-state index in [1.165, 1.54) is 0 Å². The van der Waals surface area contributed by atoms with Crippen LogP contribution in [0.25, 0.3) is 11.0 Å². The minimum absolute atomic E-state index is 0.346. The number of nitrogens with one attached hydrogen (secondary N) is 1. The maximum Gasteiger partial charge on any atom is 0.158 e. The molecular formula is C8H7Cl2N3. The summed E-state index contributed by atoms with van der Waals surface area (Å²) in [6.45, 7) is 2.01. The Morgan fingerprint density at radius 1 is 1.38 bits per heavy atom. The van der Waals surface area contributed by atoms with Crippen LogP contribution in [0.4, 0.5) is 0 Å². The Hall–Kier alpha value is -0.800. The monoisotopic (exact) mass is 215 g/mol. The summed E-state index contributed by atoms with van der Waals surface area (Å²) >= 11 is 11.6. The van der Waals surface area contributed by atoms with Crippen molar-refractivity contribution < 1.29 is 0 Å². The van der Waals surface area contributed by atoms with Crippen LogP contribution in [0, 0.1) is 0 Å². The molecule has 0 aliphatic carbocycles. The fraction of sp³-hybridized carbons (Fsp3) is 0.250. The molecule has 3 nitrogen and oxygen atoms in total. The normalized spacial score (nSPS) is 11.0. The second-order valence-corrected chi connectivity index (χ2v) is 3.41. The predicted octanol–water partition coefficient (Wildman–Crippen LogP) is 2.83. The van der Waals surface area contributed by atoms with Crippen LogP contribution in [-0.2, 0) is 6.42 Å². The van der Waals surface area contributed by atoms with Gasteiger partial charge >= 0.3 is 0 Å². The van der Waals surface area contributed by atoms with E-state index in [0.717, 1.165) is 17.8 Å². The summed E-state index contributed by atoms with van der Waals surface area (Å²) in [5, 5.41) is 0.724. The lowest BCUT2D eigenvalue weighted by Gasteiger charge is -1.91. The van der Waals surface area contributed by atoms with Crippen LogP contribution in [0.3, 0.4) is 0 Å². The Kier molecular flexibility index (Phi) is 2.14. The maximum atomic E-state index is 5.85. The first-order valence-electron chi connectivity index (χ1n) is 3.91. The van der Waals surface area contributed by atoms with E-state index in [2.05, 4.69) is 15.0 Å². The number of aromatic nitrogens is 3. The molecule has 13 heavy (non-hydrogen) atoms. The lowest BCUT2D eigenvalue weighted by Crippen LogP contribution is -1.80. The number of aryl methyl sites for hydroxylation is 1. The summed E-state index contributed by atoms with van der Waals surface area (Å²) in [6.07, 6.45) is 0.836. The highest BCUT2D eigenvalue weighted by Crippen LogP contribution is 2.22. The van der Waals surface area contributed by atoms with E-state index in [-0.39, 0.29) is 0 Å². The summed E-state index contributed by atoms with van der Waals surface area (Å²) in [6, 6.07) is 1.72. The van der Waals surface area contributed by atoms with E-state index in [1.807, 2.05) is 6.92 Å². The van der Waals surface area contributed by atoms with E-state index in [9.17, 15) is 0 Å². The molecule has 2 aromatic rings. The van der Waals surface area contributed by atoms with Gasteiger partial charge in [0.25, 0.3) is 0 Å². The Morgan fingerprint density at radius 3 is 2.85 bits per heavy atom. The highest BCUT2D eigenvalue weighted by Gasteiger charge is 2.07. The first kappa shape index (κ1) is 8.78. The number of H-pyrrole nitrogens is 1. The molecule has 0 atom stereocenters. The van der Waals surface area contributed by atoms with Crippen molar-refractivity contribution in [1.82, 2.24) is 15.0 Å². The first-order chi connectivity index (χ1) is 6.20. The molecule has 0 aromatic carbocycles. The van der Waals surface area contributed by atoms with Gasteiger partial charge in [0.2, 0.25) is 0 Å². The van der Waals surface area contributed by atoms with Crippen LogP contribution in [0.2, 0.25) is 10.3 Å². The molecule has 0 bridgehead atoms. The zero-order valence-electron chi connectivity index (χ0n) is 6.93. The van der Waals surface area contributed by atoms with Crippen molar-refractivity contribution >= 4 is 34.2 Å². The number of fused-ring (bicyclic) bond motifs is 1. The van der Waals surface area contributed by atoms with Crippen molar-refractivity contribution in [2.45, 2.75) is 13.3 Å². The first-order valence-corrected chi connectivity index (χ1v) is 4.67. The largest absolute Gasteiger partial charge is 0.342 e. The van der Waals surface area contributed by atoms with E-state index in [0.29, 0.717) is 15.8 Å². The molecule has 0 radical (unpaired) electrons. The molecule has 0 aliphatic rings. The highest BCUT2D eigenvalue weighted by molar-refractivity contribution is 6.35. The van der Waals surface area contributed by atoms with Gasteiger partial charge in [-0.3, -0.25) is 0 Å². The number of imidazole rings is 1. The molecule has 5 heteroatoms. The van der Waals surface area contributed by atoms with E-state index in [1.54, 1.807) is 6.07 Å². The van der Waals surface area contributed by atoms with Gasteiger partial charge in [0.1, 0.15) is 16.5 Å². The molecule has 68 valence electrons. The lowest BCUT2D eigenvalue weighted by molar-refractivity contribution is 1.00. The van der Waals surface area contributed by atoms with Gasteiger partial charge in [0.05, 0.1) is 5.52 Å². The Morgan fingerprint density at radius 2 is 2.15 bits per heavy atom. The maximum absolute atomic E-state index is 5.85. The third-order valence-corrected chi connectivity index (χ3v) is 2.24. The quantitative estimate of drug-likeness (QED) is 0.744. The summed E-state index contributed by atoms with van der Waals surface area (Å²) < 4.78 is 0. The van der Waals surface area contributed by atoms with Crippen LogP contribution in [0.1, 0.15) is 12.7 Å². The van der Waals surface area contributed by atoms with Gasteiger partial charge in [-0.25, -0.2) is 9.97 Å². The van der Waals surface area contributed by atoms with Crippen LogP contribution in [0.5, 0.6) is 0 Å². The predicted molar refractivity (Wildman–Crippen MR) is 53.3 cm³/mol. The van der Waals surface area contributed by atoms with Crippen LogP contribution in [-0.4, -0.2) is 15.0 Å². The molecule has 1 N–H and O–H groups in total. The molecular weight excluding hydrogens is 209 g/mol. The third-order valence-electron chi connectivity index (χ3n) is 1.78. The number of halogens is 2. The Bertz CT molecular complexity index is 450. The van der Waals surface area contributed by atoms with Gasteiger partial charge in [0, 0.05) is 12.5 Å². The average molecular weight is 216 g/mol. The number of nitrogens with zero attached hydrogens (tertiary/aromatic N) is 2. The van der Waals surface area contributed by atoms with Crippen molar-refractivity contribution in [3.8, 4) is 0 Å². The van der Waals surface area contributed by atoms with Gasteiger partial charge in [-0.15, -0.1) is 0 Å². The third kappa shape index (κ3) is 1.49. The molecule has 0 amide bonds. The molecule has 0 fully saturated rings. The average Bonchev–Trinajstić information content (AvgIpc) is 2.47. The molecule has 0 unspecified atom stereocenters. The van der Waals surface area contributed by atoms with Gasteiger partial charge in [0.15, 0.2) is 5.15 Å². The minimum atomic E-state index is 0.346. The summed E-state index contributed by atoms with van der Waals surface area (Å²) in [5.74, 6) is 0.890. The smallest absolute Gasteiger partial charge is 0.158 e. The number of pyridine rings is 1. The van der Waals surface area contributed by atoms with E-state index >= 15 is 0 Å². The summed E-state index contributed by atoms with van der Waals surface area (Å²) in [5.41, 5.74) is 1.52. The van der Waals surface area contributed by atoms with Crippen molar-refractivity contribution in [2.24, 2.45) is 0 Å². The van der Waals surface area contributed by atoms with Gasteiger partial charge in [-0.2, -0.15) is 0 Å². The van der Waals surface area contributed by atoms with E-state index in [4.69, 9.17) is 23.2 Å². The number of rotatable bonds is 1. The molecule has 0 spiro atoms. The van der Waals surface area contributed by atoms with Gasteiger partial charge in [-0.05, 0) is 0 Å². The topological polar surface area (TPSA) is 41.6 Å². The number of hydrogen-bond donors (Lipinski definition) is 1. The number of aromatic amines is 1. The van der Waals surface area contributed by atoms with E-state index < -0.39 is 0 Å². The zero-order chi connectivity index (χ0) is 9.42. The molecule has 0 saturated heterocycles. The molecule has 0 saturated carbocycles. The second kappa shape index (κ2) is 3.16. The fourth-order valence-corrected chi connectivity index (χ4v) is 1.64. The Labute approximate surface area is 85.1 Å². The summed E-state index contributed by atoms with van der Waals surface area (Å²) in [4.78, 5) is 11.3. The van der Waals surface area contributed by atoms with Crippen molar-refractivity contribution in [2.75, 3.05) is 0 Å². The summed E-state index contributed by atoms with van der Waals surface area (Å²) in [7, 11) is 0. The van der Waals surface area contributed by atoms with Gasteiger partial charge in [-0.1, -0.05) is 30.1 Å². The molecule has 2 heterocycles. The van der Waals surface area contributed by atoms with Crippen LogP contribution >= 0.6 is 23.2 Å². The van der Waals surface area contributed by atoms with Gasteiger partial charge < -0.3 is 4.98 Å². The second-order valence-electron chi connectivity index (χ2n) is 2.67. The van der Waals surface area contributed by atoms with Crippen molar-refractivity contribution in [3.63, 3.8) is 0 Å². The standard InChI is InChI=1S/C8H7Cl2N3/c1-2-6-11-4-3-5(9)12-8(10)7(4)13-6/h3H,2H2,1H3,(H,11,13). The highest BCUT2D eigenvalue weighted by atomic mass is 35.5. The molecule has 2 aromatic heterocycles. The van der Waals surface area contributed by atoms with Crippen LogP contribution in [0.15, 0.2) is 6.07 Å². The fourth-order valence-electron chi connectivity index (χ4n) is 1.17. The number of hydrogen-bond acceptors (Lipinski definition) is 2. The minimum Gasteiger partial charge on any atom is -0.342 e. The molecule has 0 aliphatic heterocycles. The van der Waals surface area contributed by atoms with Crippen LogP contribution < -0.4 is 0 Å². The Balaban J connectivity index is 2.75. The van der Waals surface area contributed by atoms with Crippen molar-refractivity contribution in [1.29, 1.82) is 0 Å². The van der Waals surface area contributed by atoms with Crippen molar-refractivity contribution in [3.05, 3.63) is 22.2 Å². The lowest BCUT2D eigenvalue weighted by atomic mass is 10.4. The molecule has 2 rings (SSSR count). The zero-order valence-corrected chi connectivity index (χ0v) is 8.45. The SMILES string of the molecule is CCc1nc2c(Cl)nc(Cl)cc2[nH]1.